The smallest absolute Gasteiger partial charge is 0.230 e. The number of hydrogen-bond acceptors (Lipinski definition) is 6. The van der Waals surface area contributed by atoms with Crippen LogP contribution in [0.2, 0.25) is 5.02 Å². The van der Waals surface area contributed by atoms with E-state index in [2.05, 4.69) is 33.4 Å². The number of amides is 2. The minimum Gasteiger partial charge on any atom is -0.365 e. The second-order valence-corrected chi connectivity index (χ2v) is 11.2. The van der Waals surface area contributed by atoms with E-state index < -0.39 is 0 Å². The van der Waals surface area contributed by atoms with Gasteiger partial charge in [-0.05, 0) is 48.1 Å². The number of nitrogens with zero attached hydrogens (tertiary/aromatic N) is 3. The number of anilines is 1. The van der Waals surface area contributed by atoms with E-state index in [4.69, 9.17) is 11.6 Å². The van der Waals surface area contributed by atoms with Gasteiger partial charge in [-0.15, -0.1) is 11.3 Å². The van der Waals surface area contributed by atoms with Gasteiger partial charge in [-0.2, -0.15) is 0 Å². The summed E-state index contributed by atoms with van der Waals surface area (Å²) in [4.78, 5) is 33.8. The van der Waals surface area contributed by atoms with E-state index in [9.17, 15) is 9.59 Å². The second-order valence-electron chi connectivity index (χ2n) is 9.62. The maximum atomic E-state index is 12.1. The fraction of sp³-hybridized carbons (Fsp3) is 0.400. The molecule has 5 heterocycles. The van der Waals surface area contributed by atoms with Gasteiger partial charge in [0.05, 0.1) is 22.8 Å². The monoisotopic (exact) mass is 478 g/mol. The predicted molar refractivity (Wildman–Crippen MR) is 130 cm³/mol. The van der Waals surface area contributed by atoms with Crippen molar-refractivity contribution < 1.29 is 9.59 Å². The molecule has 3 fully saturated rings. The van der Waals surface area contributed by atoms with Crippen LogP contribution in [-0.4, -0.2) is 47.4 Å². The van der Waals surface area contributed by atoms with Crippen LogP contribution in [0.15, 0.2) is 30.5 Å². The summed E-state index contributed by atoms with van der Waals surface area (Å²) < 4.78 is 1.08. The Bertz CT molecular complexity index is 1320. The van der Waals surface area contributed by atoms with Crippen LogP contribution in [0.4, 0.5) is 5.69 Å². The van der Waals surface area contributed by atoms with Gasteiger partial charge >= 0.3 is 0 Å². The number of fused-ring (bicyclic) bond motifs is 4. The number of pyridine rings is 1. The number of aromatic nitrogens is 1. The Morgan fingerprint density at radius 3 is 2.70 bits per heavy atom. The van der Waals surface area contributed by atoms with Crippen molar-refractivity contribution in [3.05, 3.63) is 45.9 Å². The molecule has 33 heavy (non-hydrogen) atoms. The zero-order chi connectivity index (χ0) is 22.3. The largest absolute Gasteiger partial charge is 0.365 e. The van der Waals surface area contributed by atoms with Gasteiger partial charge in [0.25, 0.3) is 0 Å². The molecule has 2 aromatic heterocycles. The summed E-state index contributed by atoms with van der Waals surface area (Å²) in [5.74, 6) is 1.19. The summed E-state index contributed by atoms with van der Waals surface area (Å²) in [5.41, 5.74) is 5.92. The number of thiophene rings is 1. The molecule has 6 nitrogen and oxygen atoms in total. The topological polar surface area (TPSA) is 65.5 Å². The lowest BCUT2D eigenvalue weighted by molar-refractivity contribution is -0.138. The SMILES string of the molecule is O=C1CCC(=O)N1Cc1cc2nccc(-c3cc(Cl)cc4c3N(C3CNC3)C[C@H]3C[C@@H]43)c2s1. The van der Waals surface area contributed by atoms with E-state index in [0.29, 0.717) is 31.3 Å². The maximum absolute atomic E-state index is 12.1. The van der Waals surface area contributed by atoms with Crippen LogP contribution in [0.5, 0.6) is 0 Å². The molecule has 1 saturated carbocycles. The quantitative estimate of drug-likeness (QED) is 0.570. The summed E-state index contributed by atoms with van der Waals surface area (Å²) in [6, 6.07) is 8.89. The number of rotatable bonds is 4. The Balaban J connectivity index is 1.36. The van der Waals surface area contributed by atoms with Gasteiger partial charge in [0.1, 0.15) is 0 Å². The molecule has 2 atom stereocenters. The van der Waals surface area contributed by atoms with Crippen LogP contribution < -0.4 is 10.2 Å². The van der Waals surface area contributed by atoms with Crippen LogP contribution in [-0.2, 0) is 16.1 Å². The first kappa shape index (κ1) is 19.9. The zero-order valence-corrected chi connectivity index (χ0v) is 19.6. The Labute approximate surface area is 200 Å². The highest BCUT2D eigenvalue weighted by Gasteiger charge is 2.48. The van der Waals surface area contributed by atoms with Crippen LogP contribution >= 0.6 is 22.9 Å². The maximum Gasteiger partial charge on any atom is 0.230 e. The molecule has 0 bridgehead atoms. The number of hydrogen-bond donors (Lipinski definition) is 1. The highest BCUT2D eigenvalue weighted by Crippen LogP contribution is 2.58. The Hall–Kier alpha value is -2.48. The van der Waals surface area contributed by atoms with Crippen LogP contribution in [0.1, 0.15) is 35.6 Å². The van der Waals surface area contributed by atoms with Gasteiger partial charge in [0.15, 0.2) is 0 Å². The van der Waals surface area contributed by atoms with Crippen molar-refractivity contribution in [1.29, 1.82) is 0 Å². The Kier molecular flexibility index (Phi) is 4.39. The molecule has 3 aromatic rings. The normalized spacial score (nSPS) is 24.3. The first-order valence-electron chi connectivity index (χ1n) is 11.6. The lowest BCUT2D eigenvalue weighted by atomic mass is 9.91. The Morgan fingerprint density at radius 2 is 1.94 bits per heavy atom. The molecule has 2 saturated heterocycles. The minimum absolute atomic E-state index is 0.0849. The molecule has 3 aliphatic heterocycles. The summed E-state index contributed by atoms with van der Waals surface area (Å²) in [6.45, 7) is 3.48. The van der Waals surface area contributed by atoms with E-state index >= 15 is 0 Å². The zero-order valence-electron chi connectivity index (χ0n) is 18.0. The third-order valence-corrected chi connectivity index (χ3v) is 8.93. The highest BCUT2D eigenvalue weighted by molar-refractivity contribution is 7.19. The van der Waals surface area contributed by atoms with Crippen molar-refractivity contribution in [2.45, 2.75) is 37.8 Å². The number of halogens is 1. The highest BCUT2D eigenvalue weighted by atomic mass is 35.5. The average molecular weight is 479 g/mol. The lowest BCUT2D eigenvalue weighted by Gasteiger charge is -2.44. The number of nitrogens with one attached hydrogen (secondary N) is 1. The molecule has 168 valence electrons. The summed E-state index contributed by atoms with van der Waals surface area (Å²) in [6.07, 6.45) is 3.73. The molecule has 0 unspecified atom stereocenters. The fourth-order valence-electron chi connectivity index (χ4n) is 5.66. The molecule has 4 aliphatic rings. The van der Waals surface area contributed by atoms with Gasteiger partial charge in [-0.3, -0.25) is 19.5 Å². The Morgan fingerprint density at radius 1 is 1.12 bits per heavy atom. The molecule has 1 aromatic carbocycles. The molecule has 7 rings (SSSR count). The molecule has 0 radical (unpaired) electrons. The van der Waals surface area contributed by atoms with Crippen LogP contribution in [0.25, 0.3) is 21.3 Å². The summed E-state index contributed by atoms with van der Waals surface area (Å²) >= 11 is 8.29. The molecule has 1 N–H and O–H groups in total. The van der Waals surface area contributed by atoms with Gasteiger partial charge in [0.2, 0.25) is 11.8 Å². The number of carbonyl (C=O) groups excluding carboxylic acids is 2. The third kappa shape index (κ3) is 3.13. The molecule has 0 spiro atoms. The van der Waals surface area contributed by atoms with Crippen molar-refractivity contribution in [3.63, 3.8) is 0 Å². The minimum atomic E-state index is -0.0849. The number of likely N-dealkylation sites (tertiary alicyclic amines) is 1. The van der Waals surface area contributed by atoms with Crippen molar-refractivity contribution >= 4 is 50.7 Å². The van der Waals surface area contributed by atoms with Crippen LogP contribution in [0.3, 0.4) is 0 Å². The van der Waals surface area contributed by atoms with Gasteiger partial charge < -0.3 is 10.2 Å². The first-order valence-corrected chi connectivity index (χ1v) is 12.8. The number of imide groups is 1. The van der Waals surface area contributed by atoms with E-state index in [1.165, 1.54) is 28.1 Å². The van der Waals surface area contributed by atoms with E-state index in [-0.39, 0.29) is 11.8 Å². The standard InChI is InChI=1S/C25H23ClN4O2S/c26-14-6-19(24-20(7-14)18-5-13(18)11-29(24)15-9-27-10-15)17-3-4-28-21-8-16(33-25(17)21)12-30-22(31)1-2-23(30)32/h3-4,6-8,13,15,18,27H,1-2,5,9-12H2/t13-,18-/m1/s1. The number of carbonyl (C=O) groups is 2. The summed E-state index contributed by atoms with van der Waals surface area (Å²) in [5, 5.41) is 4.20. The predicted octanol–water partition coefficient (Wildman–Crippen LogP) is 4.16. The van der Waals surface area contributed by atoms with Gasteiger partial charge in [-0.1, -0.05) is 11.6 Å². The molecular weight excluding hydrogens is 456 g/mol. The van der Waals surface area contributed by atoms with Crippen molar-refractivity contribution in [2.75, 3.05) is 24.5 Å². The van der Waals surface area contributed by atoms with Gasteiger partial charge in [-0.25, -0.2) is 0 Å². The summed E-state index contributed by atoms with van der Waals surface area (Å²) in [7, 11) is 0. The number of benzene rings is 1. The van der Waals surface area contributed by atoms with E-state index in [1.807, 2.05) is 12.3 Å². The lowest BCUT2D eigenvalue weighted by Crippen LogP contribution is -2.58. The van der Waals surface area contributed by atoms with Crippen molar-refractivity contribution in [3.8, 4) is 11.1 Å². The van der Waals surface area contributed by atoms with Crippen molar-refractivity contribution in [1.82, 2.24) is 15.2 Å². The van der Waals surface area contributed by atoms with Gasteiger partial charge in [0, 0.05) is 65.4 Å². The molecule has 8 heteroatoms. The van der Waals surface area contributed by atoms with E-state index in [1.54, 1.807) is 11.3 Å². The average Bonchev–Trinajstić information content (AvgIpc) is 3.32. The second kappa shape index (κ2) is 7.26. The van der Waals surface area contributed by atoms with Crippen LogP contribution in [0, 0.1) is 5.92 Å². The molecular formula is C25H23ClN4O2S. The van der Waals surface area contributed by atoms with E-state index in [0.717, 1.165) is 51.2 Å². The molecule has 2 amide bonds. The first-order chi connectivity index (χ1) is 16.1. The fourth-order valence-corrected chi connectivity index (χ4v) is 7.02. The molecule has 1 aliphatic carbocycles. The third-order valence-electron chi connectivity index (χ3n) is 7.57. The van der Waals surface area contributed by atoms with Crippen molar-refractivity contribution in [2.24, 2.45) is 5.92 Å².